The predicted molar refractivity (Wildman–Crippen MR) is 76.5 cm³/mol. The lowest BCUT2D eigenvalue weighted by Crippen LogP contribution is -2.10. The molecule has 0 bridgehead atoms. The molecule has 0 aliphatic carbocycles. The molecule has 2 aromatic rings. The molecule has 0 saturated carbocycles. The van der Waals surface area contributed by atoms with Crippen LogP contribution in [0.1, 0.15) is 20.3 Å². The Morgan fingerprint density at radius 1 is 1.32 bits per heavy atom. The van der Waals surface area contributed by atoms with Crippen molar-refractivity contribution in [3.05, 3.63) is 23.6 Å². The van der Waals surface area contributed by atoms with Crippen molar-refractivity contribution in [1.82, 2.24) is 15.0 Å². The SMILES string of the molecule is CC(C)OCCCNc1ncnc2nc(Cl)ccc12. The van der Waals surface area contributed by atoms with Gasteiger partial charge in [0.05, 0.1) is 11.5 Å². The molecule has 0 atom stereocenters. The van der Waals surface area contributed by atoms with Gasteiger partial charge in [-0.3, -0.25) is 0 Å². The fourth-order valence-electron chi connectivity index (χ4n) is 1.66. The van der Waals surface area contributed by atoms with E-state index >= 15 is 0 Å². The molecule has 2 rings (SSSR count). The third-order valence-electron chi connectivity index (χ3n) is 2.53. The van der Waals surface area contributed by atoms with Crippen LogP contribution in [-0.2, 0) is 4.74 Å². The quantitative estimate of drug-likeness (QED) is 0.651. The Kier molecular flexibility index (Phi) is 4.87. The number of pyridine rings is 1. The zero-order chi connectivity index (χ0) is 13.7. The van der Waals surface area contributed by atoms with Gasteiger partial charge >= 0.3 is 0 Å². The van der Waals surface area contributed by atoms with Crippen LogP contribution >= 0.6 is 11.6 Å². The van der Waals surface area contributed by atoms with E-state index in [0.29, 0.717) is 10.8 Å². The van der Waals surface area contributed by atoms with Crippen molar-refractivity contribution in [2.24, 2.45) is 0 Å². The third kappa shape index (κ3) is 4.01. The fourth-order valence-corrected chi connectivity index (χ4v) is 1.80. The van der Waals surface area contributed by atoms with Gasteiger partial charge in [-0.1, -0.05) is 11.6 Å². The first-order valence-electron chi connectivity index (χ1n) is 6.29. The Labute approximate surface area is 117 Å². The summed E-state index contributed by atoms with van der Waals surface area (Å²) >= 11 is 5.84. The van der Waals surface area contributed by atoms with Crippen molar-refractivity contribution >= 4 is 28.5 Å². The standard InChI is InChI=1S/C13H17ClN4O/c1-9(2)19-7-3-6-15-12-10-4-5-11(14)18-13(10)17-8-16-12/h4-5,8-9H,3,6-7H2,1-2H3,(H,15,16,17,18). The molecule has 1 N–H and O–H groups in total. The summed E-state index contributed by atoms with van der Waals surface area (Å²) in [5.41, 5.74) is 0.600. The van der Waals surface area contributed by atoms with Crippen molar-refractivity contribution < 1.29 is 4.74 Å². The van der Waals surface area contributed by atoms with Crippen molar-refractivity contribution in [2.45, 2.75) is 26.4 Å². The van der Waals surface area contributed by atoms with Crippen LogP contribution < -0.4 is 5.32 Å². The van der Waals surface area contributed by atoms with Gasteiger partial charge < -0.3 is 10.1 Å². The second kappa shape index (κ2) is 6.63. The summed E-state index contributed by atoms with van der Waals surface area (Å²) in [6.45, 7) is 5.58. The average Bonchev–Trinajstić information content (AvgIpc) is 2.37. The highest BCUT2D eigenvalue weighted by Crippen LogP contribution is 2.19. The van der Waals surface area contributed by atoms with Crippen LogP contribution in [0.25, 0.3) is 11.0 Å². The number of hydrogen-bond donors (Lipinski definition) is 1. The molecule has 2 aromatic heterocycles. The summed E-state index contributed by atoms with van der Waals surface area (Å²) in [4.78, 5) is 12.5. The largest absolute Gasteiger partial charge is 0.379 e. The normalized spacial score (nSPS) is 11.2. The molecule has 0 fully saturated rings. The summed E-state index contributed by atoms with van der Waals surface area (Å²) in [7, 11) is 0. The monoisotopic (exact) mass is 280 g/mol. The van der Waals surface area contributed by atoms with Gasteiger partial charge in [0.25, 0.3) is 0 Å². The van der Waals surface area contributed by atoms with Gasteiger partial charge in [0.1, 0.15) is 17.3 Å². The molecule has 0 unspecified atom stereocenters. The summed E-state index contributed by atoms with van der Waals surface area (Å²) in [5, 5.41) is 4.57. The molecule has 0 aliphatic rings. The van der Waals surface area contributed by atoms with E-state index in [1.165, 1.54) is 6.33 Å². The van der Waals surface area contributed by atoms with Crippen molar-refractivity contribution in [2.75, 3.05) is 18.5 Å². The van der Waals surface area contributed by atoms with E-state index in [1.807, 2.05) is 19.9 Å². The summed E-state index contributed by atoms with van der Waals surface area (Å²) in [5.74, 6) is 0.777. The van der Waals surface area contributed by atoms with Gasteiger partial charge in [0.15, 0.2) is 5.65 Å². The van der Waals surface area contributed by atoms with Crippen molar-refractivity contribution in [3.63, 3.8) is 0 Å². The van der Waals surface area contributed by atoms with Crippen molar-refractivity contribution in [3.8, 4) is 0 Å². The average molecular weight is 281 g/mol. The van der Waals surface area contributed by atoms with Gasteiger partial charge in [-0.05, 0) is 32.4 Å². The summed E-state index contributed by atoms with van der Waals surface area (Å²) < 4.78 is 5.48. The topological polar surface area (TPSA) is 59.9 Å². The van der Waals surface area contributed by atoms with Crippen LogP contribution in [-0.4, -0.2) is 34.2 Å². The minimum Gasteiger partial charge on any atom is -0.379 e. The van der Waals surface area contributed by atoms with Crippen LogP contribution in [0, 0.1) is 0 Å². The zero-order valence-electron chi connectivity index (χ0n) is 11.1. The summed E-state index contributed by atoms with van der Waals surface area (Å²) in [6, 6.07) is 3.61. The van der Waals surface area contributed by atoms with E-state index in [4.69, 9.17) is 16.3 Å². The lowest BCUT2D eigenvalue weighted by Gasteiger charge is -2.09. The third-order valence-corrected chi connectivity index (χ3v) is 2.74. The lowest BCUT2D eigenvalue weighted by atomic mass is 10.3. The molecule has 0 saturated heterocycles. The maximum Gasteiger partial charge on any atom is 0.166 e. The molecule has 0 radical (unpaired) electrons. The van der Waals surface area contributed by atoms with Crippen LogP contribution in [0.5, 0.6) is 0 Å². The van der Waals surface area contributed by atoms with Crippen molar-refractivity contribution in [1.29, 1.82) is 0 Å². The number of fused-ring (bicyclic) bond motifs is 1. The molecule has 19 heavy (non-hydrogen) atoms. The molecule has 0 spiro atoms. The smallest absolute Gasteiger partial charge is 0.166 e. The van der Waals surface area contributed by atoms with Gasteiger partial charge in [0, 0.05) is 13.2 Å². The number of anilines is 1. The van der Waals surface area contributed by atoms with Gasteiger partial charge in [-0.15, -0.1) is 0 Å². The number of aromatic nitrogens is 3. The van der Waals surface area contributed by atoms with E-state index < -0.39 is 0 Å². The highest BCUT2D eigenvalue weighted by atomic mass is 35.5. The van der Waals surface area contributed by atoms with E-state index in [2.05, 4.69) is 20.3 Å². The molecule has 0 aliphatic heterocycles. The first-order chi connectivity index (χ1) is 9.16. The maximum atomic E-state index is 5.84. The molecule has 0 aromatic carbocycles. The Hall–Kier alpha value is -1.46. The summed E-state index contributed by atoms with van der Waals surface area (Å²) in [6.07, 6.45) is 2.68. The Balaban J connectivity index is 1.97. The molecular formula is C13H17ClN4O. The van der Waals surface area contributed by atoms with Crippen LogP contribution in [0.15, 0.2) is 18.5 Å². The molecule has 2 heterocycles. The maximum absolute atomic E-state index is 5.84. The number of nitrogens with one attached hydrogen (secondary N) is 1. The lowest BCUT2D eigenvalue weighted by molar-refractivity contribution is 0.0787. The number of hydrogen-bond acceptors (Lipinski definition) is 5. The highest BCUT2D eigenvalue weighted by Gasteiger charge is 2.04. The molecular weight excluding hydrogens is 264 g/mol. The molecule has 5 nitrogen and oxygen atoms in total. The minimum absolute atomic E-state index is 0.270. The van der Waals surface area contributed by atoms with Gasteiger partial charge in [0.2, 0.25) is 0 Å². The zero-order valence-corrected chi connectivity index (χ0v) is 11.8. The Morgan fingerprint density at radius 3 is 2.95 bits per heavy atom. The van der Waals surface area contributed by atoms with Crippen LogP contribution in [0.4, 0.5) is 5.82 Å². The molecule has 0 amide bonds. The number of ether oxygens (including phenoxy) is 1. The minimum atomic E-state index is 0.270. The van der Waals surface area contributed by atoms with E-state index in [9.17, 15) is 0 Å². The second-order valence-corrected chi connectivity index (χ2v) is 4.81. The van der Waals surface area contributed by atoms with Crippen LogP contribution in [0.2, 0.25) is 5.15 Å². The van der Waals surface area contributed by atoms with E-state index in [1.54, 1.807) is 6.07 Å². The predicted octanol–water partition coefficient (Wildman–Crippen LogP) is 2.91. The fraction of sp³-hybridized carbons (Fsp3) is 0.462. The molecule has 6 heteroatoms. The van der Waals surface area contributed by atoms with E-state index in [-0.39, 0.29) is 6.10 Å². The first kappa shape index (κ1) is 14.0. The van der Waals surface area contributed by atoms with Gasteiger partial charge in [-0.25, -0.2) is 15.0 Å². The number of halogens is 1. The highest BCUT2D eigenvalue weighted by molar-refractivity contribution is 6.29. The first-order valence-corrected chi connectivity index (χ1v) is 6.67. The second-order valence-electron chi connectivity index (χ2n) is 4.43. The molecule has 102 valence electrons. The Bertz CT molecular complexity index is 547. The van der Waals surface area contributed by atoms with E-state index in [0.717, 1.165) is 30.8 Å². The number of nitrogens with zero attached hydrogens (tertiary/aromatic N) is 3. The number of rotatable bonds is 6. The van der Waals surface area contributed by atoms with Crippen LogP contribution in [0.3, 0.4) is 0 Å². The Morgan fingerprint density at radius 2 is 2.16 bits per heavy atom. The van der Waals surface area contributed by atoms with Gasteiger partial charge in [-0.2, -0.15) is 0 Å².